The van der Waals surface area contributed by atoms with E-state index >= 15 is 0 Å². The summed E-state index contributed by atoms with van der Waals surface area (Å²) in [5, 5.41) is 23.3. The van der Waals surface area contributed by atoms with Gasteiger partial charge < -0.3 is 20.3 Å². The van der Waals surface area contributed by atoms with E-state index in [9.17, 15) is 9.90 Å². The number of aliphatic hydroxyl groups is 1. The highest BCUT2D eigenvalue weighted by molar-refractivity contribution is 5.87. The van der Waals surface area contributed by atoms with Crippen LogP contribution in [0.2, 0.25) is 0 Å². The molecule has 1 amide bonds. The van der Waals surface area contributed by atoms with Gasteiger partial charge >= 0.3 is 0 Å². The van der Waals surface area contributed by atoms with Crippen LogP contribution in [0.1, 0.15) is 36.5 Å². The van der Waals surface area contributed by atoms with Crippen molar-refractivity contribution in [3.63, 3.8) is 0 Å². The summed E-state index contributed by atoms with van der Waals surface area (Å²) in [6, 6.07) is 10.8. The number of carbonyl (C=O) groups is 1. The van der Waals surface area contributed by atoms with Gasteiger partial charge in [0, 0.05) is 31.7 Å². The van der Waals surface area contributed by atoms with Crippen molar-refractivity contribution in [3.8, 4) is 6.07 Å². The molecule has 31 heavy (non-hydrogen) atoms. The van der Waals surface area contributed by atoms with Gasteiger partial charge in [-0.25, -0.2) is 9.97 Å². The fourth-order valence-electron chi connectivity index (χ4n) is 4.75. The number of nitrogens with zero attached hydrogens (tertiary/aromatic N) is 4. The van der Waals surface area contributed by atoms with E-state index in [1.807, 2.05) is 12.3 Å². The summed E-state index contributed by atoms with van der Waals surface area (Å²) in [4.78, 5) is 27.2. The van der Waals surface area contributed by atoms with Crippen LogP contribution in [-0.2, 0) is 4.79 Å². The highest BCUT2D eigenvalue weighted by atomic mass is 16.3. The molecule has 1 saturated carbocycles. The van der Waals surface area contributed by atoms with Gasteiger partial charge in [0.05, 0.1) is 23.1 Å². The number of amides is 1. The Kier molecular flexibility index (Phi) is 4.83. The van der Waals surface area contributed by atoms with E-state index in [4.69, 9.17) is 5.26 Å². The quantitative estimate of drug-likeness (QED) is 0.587. The topological polar surface area (TPSA) is 118 Å². The fourth-order valence-corrected chi connectivity index (χ4v) is 4.75. The van der Waals surface area contributed by atoms with Crippen molar-refractivity contribution in [2.45, 2.75) is 25.4 Å². The minimum Gasteiger partial charge on any atom is -0.387 e. The molecule has 0 radical (unpaired) electrons. The van der Waals surface area contributed by atoms with Gasteiger partial charge in [-0.2, -0.15) is 5.26 Å². The molecule has 3 aromatic rings. The minimum absolute atomic E-state index is 0.0133. The molecule has 1 aliphatic heterocycles. The number of carbonyl (C=O) groups excluding carboxylic acids is 1. The molecule has 2 atom stereocenters. The molecule has 3 N–H and O–H groups in total. The number of aliphatic hydroxyl groups excluding tert-OH is 1. The molecule has 1 saturated heterocycles. The Labute approximate surface area is 179 Å². The molecule has 1 aromatic carbocycles. The van der Waals surface area contributed by atoms with Crippen molar-refractivity contribution < 1.29 is 9.90 Å². The monoisotopic (exact) mass is 416 g/mol. The lowest BCUT2D eigenvalue weighted by molar-refractivity contribution is -0.128. The predicted octanol–water partition coefficient (Wildman–Crippen LogP) is 2.29. The van der Waals surface area contributed by atoms with Crippen molar-refractivity contribution >= 4 is 22.8 Å². The maximum absolute atomic E-state index is 13.0. The molecule has 2 aromatic heterocycles. The van der Waals surface area contributed by atoms with Crippen molar-refractivity contribution in [2.75, 3.05) is 24.5 Å². The Morgan fingerprint density at radius 3 is 2.87 bits per heavy atom. The van der Waals surface area contributed by atoms with Gasteiger partial charge in [-0.3, -0.25) is 4.79 Å². The summed E-state index contributed by atoms with van der Waals surface area (Å²) in [7, 11) is 0. The van der Waals surface area contributed by atoms with Gasteiger partial charge in [-0.15, -0.1) is 0 Å². The Morgan fingerprint density at radius 2 is 2.13 bits per heavy atom. The van der Waals surface area contributed by atoms with Crippen LogP contribution in [-0.4, -0.2) is 45.6 Å². The van der Waals surface area contributed by atoms with Gasteiger partial charge in [0.15, 0.2) is 0 Å². The molecule has 1 spiro atoms. The number of hydrogen-bond acceptors (Lipinski definition) is 6. The Balaban J connectivity index is 1.23. The van der Waals surface area contributed by atoms with Gasteiger partial charge in [-0.1, -0.05) is 12.1 Å². The summed E-state index contributed by atoms with van der Waals surface area (Å²) in [6.07, 6.45) is 5.47. The van der Waals surface area contributed by atoms with E-state index < -0.39 is 6.10 Å². The summed E-state index contributed by atoms with van der Waals surface area (Å²) >= 11 is 0. The zero-order chi connectivity index (χ0) is 21.4. The van der Waals surface area contributed by atoms with E-state index in [2.05, 4.69) is 31.2 Å². The predicted molar refractivity (Wildman–Crippen MR) is 115 cm³/mol. The maximum atomic E-state index is 13.0. The maximum Gasteiger partial charge on any atom is 0.223 e. The average molecular weight is 416 g/mol. The van der Waals surface area contributed by atoms with Crippen molar-refractivity contribution in [1.29, 1.82) is 5.26 Å². The molecule has 8 heteroatoms. The number of hydrogen-bond donors (Lipinski definition) is 3. The Bertz CT molecular complexity index is 1140. The molecule has 8 nitrogen and oxygen atoms in total. The molecule has 1 aliphatic carbocycles. The minimum atomic E-state index is -0.796. The lowest BCUT2D eigenvalue weighted by Gasteiger charge is -2.39. The lowest BCUT2D eigenvalue weighted by Crippen LogP contribution is -2.48. The Hall–Kier alpha value is -3.44. The Morgan fingerprint density at radius 1 is 1.32 bits per heavy atom. The third-order valence-electron chi connectivity index (χ3n) is 6.67. The second kappa shape index (κ2) is 7.67. The summed E-state index contributed by atoms with van der Waals surface area (Å²) in [6.45, 7) is 1.73. The van der Waals surface area contributed by atoms with E-state index in [1.54, 1.807) is 30.6 Å². The normalized spacial score (nSPS) is 20.4. The average Bonchev–Trinajstić information content (AvgIpc) is 3.38. The zero-order valence-corrected chi connectivity index (χ0v) is 17.1. The van der Waals surface area contributed by atoms with Crippen molar-refractivity contribution in [2.24, 2.45) is 11.3 Å². The zero-order valence-electron chi connectivity index (χ0n) is 17.1. The summed E-state index contributed by atoms with van der Waals surface area (Å²) < 4.78 is 0. The van der Waals surface area contributed by atoms with Crippen molar-refractivity contribution in [1.82, 2.24) is 20.3 Å². The van der Waals surface area contributed by atoms with Crippen LogP contribution in [0.25, 0.3) is 11.0 Å². The molecule has 2 fully saturated rings. The van der Waals surface area contributed by atoms with Gasteiger partial charge in [0.2, 0.25) is 5.91 Å². The second-order valence-electron chi connectivity index (χ2n) is 8.56. The molecule has 3 heterocycles. The number of nitrogens with one attached hydrogen (secondary N) is 2. The first-order valence-corrected chi connectivity index (χ1v) is 10.6. The number of piperidine rings is 1. The highest BCUT2D eigenvalue weighted by Crippen LogP contribution is 2.56. The van der Waals surface area contributed by atoms with Crippen LogP contribution in [0, 0.1) is 22.7 Å². The molecule has 0 unspecified atom stereocenters. The highest BCUT2D eigenvalue weighted by Gasteiger charge is 2.55. The number of anilines is 1. The first-order valence-electron chi connectivity index (χ1n) is 10.6. The number of H-pyrrole nitrogens is 1. The number of fused-ring (bicyclic) bond motifs is 1. The van der Waals surface area contributed by atoms with Crippen LogP contribution in [0.15, 0.2) is 42.9 Å². The number of nitriles is 1. The van der Waals surface area contributed by atoms with E-state index in [0.717, 1.165) is 49.2 Å². The van der Waals surface area contributed by atoms with Crippen LogP contribution in [0.4, 0.5) is 5.82 Å². The molecule has 5 rings (SSSR count). The van der Waals surface area contributed by atoms with Gasteiger partial charge in [0.25, 0.3) is 0 Å². The third-order valence-corrected chi connectivity index (χ3v) is 6.67. The molecule has 2 aliphatic rings. The number of aromatic amines is 1. The third kappa shape index (κ3) is 3.62. The summed E-state index contributed by atoms with van der Waals surface area (Å²) in [5.74, 6) is 0.882. The van der Waals surface area contributed by atoms with Gasteiger partial charge in [0.1, 0.15) is 17.8 Å². The fraction of sp³-hybridized carbons (Fsp3) is 0.391. The lowest BCUT2D eigenvalue weighted by atomic mass is 9.81. The summed E-state index contributed by atoms with van der Waals surface area (Å²) in [5.41, 5.74) is 2.04. The first-order chi connectivity index (χ1) is 15.1. The number of aromatic nitrogens is 3. The van der Waals surface area contributed by atoms with Crippen LogP contribution in [0.5, 0.6) is 0 Å². The molecule has 158 valence electrons. The second-order valence-corrected chi connectivity index (χ2v) is 8.56. The number of rotatable bonds is 5. The molecular formula is C23H24N6O2. The van der Waals surface area contributed by atoms with Crippen LogP contribution in [0.3, 0.4) is 0 Å². The largest absolute Gasteiger partial charge is 0.387 e. The molecule has 0 bridgehead atoms. The SMILES string of the molecule is N#Cc1ccc([C@H](O)CNC(=O)[C@@H]2CCN(c3ncnc4[nH]ccc34)CC23CC3)cc1. The standard InChI is InChI=1S/C23H24N6O2/c24-11-15-1-3-16(4-2-15)19(30)12-26-22(31)18-6-10-29(13-23(18)7-8-23)21-17-5-9-25-20(17)27-14-28-21/h1-5,9,14,18-19,30H,6-8,10,12-13H2,(H,26,31)(H,25,27,28)/t18-,19+/m0/s1. The van der Waals surface area contributed by atoms with E-state index in [1.165, 1.54) is 0 Å². The van der Waals surface area contributed by atoms with E-state index in [-0.39, 0.29) is 23.8 Å². The number of benzene rings is 1. The first kappa shape index (κ1) is 19.5. The van der Waals surface area contributed by atoms with Crippen LogP contribution >= 0.6 is 0 Å². The smallest absolute Gasteiger partial charge is 0.223 e. The van der Waals surface area contributed by atoms with Crippen LogP contribution < -0.4 is 10.2 Å². The van der Waals surface area contributed by atoms with E-state index in [0.29, 0.717) is 11.1 Å². The van der Waals surface area contributed by atoms with Gasteiger partial charge in [-0.05, 0) is 48.4 Å². The molecular weight excluding hydrogens is 392 g/mol. The van der Waals surface area contributed by atoms with Crippen molar-refractivity contribution in [3.05, 3.63) is 54.0 Å².